The molecule has 1 aromatic carbocycles. The molecule has 0 fully saturated rings. The molecule has 0 unspecified atom stereocenters. The van der Waals surface area contributed by atoms with Crippen LogP contribution in [0.4, 0.5) is 17.6 Å². The van der Waals surface area contributed by atoms with Crippen LogP contribution in [0.15, 0.2) is 36.7 Å². The van der Waals surface area contributed by atoms with Crippen LogP contribution in [-0.4, -0.2) is 19.9 Å². The van der Waals surface area contributed by atoms with Gasteiger partial charge in [0.25, 0.3) is 0 Å². The smallest absolute Gasteiger partial charge is 0.233 e. The monoisotopic (exact) mass is 272 g/mol. The van der Waals surface area contributed by atoms with Gasteiger partial charge in [0.2, 0.25) is 17.2 Å². The fraction of sp³-hybridized carbons (Fsp3) is 0. The number of hydrogen-bond acceptors (Lipinski definition) is 6. The van der Waals surface area contributed by atoms with Crippen molar-refractivity contribution in [3.05, 3.63) is 41.9 Å². The van der Waals surface area contributed by atoms with Crippen LogP contribution in [0.1, 0.15) is 0 Å². The Hall–Kier alpha value is -2.47. The molecule has 2 aromatic heterocycles. The maximum atomic E-state index is 5.74. The van der Waals surface area contributed by atoms with E-state index in [2.05, 4.69) is 25.3 Å². The summed E-state index contributed by atoms with van der Waals surface area (Å²) in [4.78, 5) is 15.8. The van der Waals surface area contributed by atoms with Crippen LogP contribution < -0.4 is 11.1 Å². The Kier molecular flexibility index (Phi) is 2.85. The second-order valence-corrected chi connectivity index (χ2v) is 4.15. The Morgan fingerprint density at radius 2 is 2.00 bits per heavy atom. The highest BCUT2D eigenvalue weighted by Crippen LogP contribution is 2.24. The van der Waals surface area contributed by atoms with Gasteiger partial charge in [-0.2, -0.15) is 15.0 Å². The molecule has 7 heteroatoms. The van der Waals surface area contributed by atoms with Crippen LogP contribution in [-0.2, 0) is 0 Å². The molecule has 0 atom stereocenters. The van der Waals surface area contributed by atoms with Gasteiger partial charge in [-0.05, 0) is 29.1 Å². The normalized spacial score (nSPS) is 10.6. The SMILES string of the molecule is Nc1nc(Cl)nc(Nc2cccc3ccncc23)n1. The molecule has 0 spiro atoms. The van der Waals surface area contributed by atoms with Crippen LogP contribution in [0.2, 0.25) is 5.28 Å². The van der Waals surface area contributed by atoms with Gasteiger partial charge >= 0.3 is 0 Å². The molecule has 3 N–H and O–H groups in total. The van der Waals surface area contributed by atoms with E-state index in [9.17, 15) is 0 Å². The molecule has 0 aliphatic rings. The Morgan fingerprint density at radius 3 is 2.84 bits per heavy atom. The average molecular weight is 273 g/mol. The van der Waals surface area contributed by atoms with Crippen LogP contribution in [0.3, 0.4) is 0 Å². The number of nitrogens with zero attached hydrogens (tertiary/aromatic N) is 4. The van der Waals surface area contributed by atoms with Crippen LogP contribution >= 0.6 is 11.6 Å². The summed E-state index contributed by atoms with van der Waals surface area (Å²) >= 11 is 5.74. The van der Waals surface area contributed by atoms with Crippen molar-refractivity contribution in [1.82, 2.24) is 19.9 Å². The van der Waals surface area contributed by atoms with Crippen molar-refractivity contribution in [3.8, 4) is 0 Å². The minimum Gasteiger partial charge on any atom is -0.368 e. The third-order valence-corrected chi connectivity index (χ3v) is 2.72. The van der Waals surface area contributed by atoms with E-state index in [4.69, 9.17) is 17.3 Å². The van der Waals surface area contributed by atoms with Crippen molar-refractivity contribution < 1.29 is 0 Å². The molecule has 0 saturated heterocycles. The lowest BCUT2D eigenvalue weighted by Gasteiger charge is -2.08. The summed E-state index contributed by atoms with van der Waals surface area (Å²) in [6.45, 7) is 0. The first kappa shape index (κ1) is 11.6. The van der Waals surface area contributed by atoms with E-state index in [1.807, 2.05) is 24.3 Å². The number of halogens is 1. The fourth-order valence-corrected chi connectivity index (χ4v) is 1.93. The highest BCUT2D eigenvalue weighted by Gasteiger charge is 2.05. The summed E-state index contributed by atoms with van der Waals surface area (Å²) in [6, 6.07) is 7.75. The lowest BCUT2D eigenvalue weighted by atomic mass is 10.1. The largest absolute Gasteiger partial charge is 0.368 e. The maximum absolute atomic E-state index is 5.74. The van der Waals surface area contributed by atoms with Gasteiger partial charge in [-0.3, -0.25) is 4.98 Å². The van der Waals surface area contributed by atoms with Crippen molar-refractivity contribution in [2.45, 2.75) is 0 Å². The van der Waals surface area contributed by atoms with Crippen molar-refractivity contribution in [2.75, 3.05) is 11.1 Å². The van der Waals surface area contributed by atoms with Crippen molar-refractivity contribution in [1.29, 1.82) is 0 Å². The molecule has 0 amide bonds. The Bertz CT molecular complexity index is 720. The van der Waals surface area contributed by atoms with Gasteiger partial charge in [0, 0.05) is 17.8 Å². The van der Waals surface area contributed by atoms with Gasteiger partial charge in [-0.1, -0.05) is 12.1 Å². The van der Waals surface area contributed by atoms with Gasteiger partial charge in [-0.25, -0.2) is 0 Å². The second-order valence-electron chi connectivity index (χ2n) is 3.81. The number of nitrogen functional groups attached to an aromatic ring is 1. The maximum Gasteiger partial charge on any atom is 0.233 e. The molecule has 6 nitrogen and oxygen atoms in total. The van der Waals surface area contributed by atoms with E-state index in [0.717, 1.165) is 16.5 Å². The minimum atomic E-state index is 0.0494. The van der Waals surface area contributed by atoms with Gasteiger partial charge in [0.05, 0.1) is 5.69 Å². The number of benzene rings is 1. The molecule has 0 aliphatic carbocycles. The number of aromatic nitrogens is 4. The standard InChI is InChI=1S/C12H9ClN6/c13-10-17-11(14)19-12(18-10)16-9-3-1-2-7-4-5-15-6-8(7)9/h1-6H,(H3,14,16,17,18,19). The molecule has 0 saturated carbocycles. The first-order valence-electron chi connectivity index (χ1n) is 5.49. The third kappa shape index (κ3) is 2.38. The molecule has 0 aliphatic heterocycles. The van der Waals surface area contributed by atoms with Gasteiger partial charge in [0.15, 0.2) is 0 Å². The zero-order valence-corrected chi connectivity index (χ0v) is 10.5. The van der Waals surface area contributed by atoms with Gasteiger partial charge < -0.3 is 11.1 Å². The molecular weight excluding hydrogens is 264 g/mol. The number of hydrogen-bond donors (Lipinski definition) is 2. The molecule has 3 aromatic rings. The summed E-state index contributed by atoms with van der Waals surface area (Å²) < 4.78 is 0. The van der Waals surface area contributed by atoms with Crippen LogP contribution in [0, 0.1) is 0 Å². The quantitative estimate of drug-likeness (QED) is 0.744. The van der Waals surface area contributed by atoms with E-state index in [1.54, 1.807) is 12.4 Å². The number of pyridine rings is 1. The number of nitrogens with two attached hydrogens (primary N) is 1. The molecule has 19 heavy (non-hydrogen) atoms. The molecular formula is C12H9ClN6. The summed E-state index contributed by atoms with van der Waals surface area (Å²) in [5.74, 6) is 0.370. The Morgan fingerprint density at radius 1 is 1.11 bits per heavy atom. The predicted octanol–water partition coefficient (Wildman–Crippen LogP) is 2.40. The van der Waals surface area contributed by atoms with E-state index in [0.29, 0.717) is 5.95 Å². The summed E-state index contributed by atoms with van der Waals surface area (Å²) in [5, 5.41) is 5.13. The third-order valence-electron chi connectivity index (χ3n) is 2.56. The summed E-state index contributed by atoms with van der Waals surface area (Å²) in [7, 11) is 0. The van der Waals surface area contributed by atoms with Gasteiger partial charge in [-0.15, -0.1) is 0 Å². The number of nitrogens with one attached hydrogen (secondary N) is 1. The van der Waals surface area contributed by atoms with Crippen LogP contribution in [0.25, 0.3) is 10.8 Å². The first-order chi connectivity index (χ1) is 9.22. The first-order valence-corrected chi connectivity index (χ1v) is 5.87. The molecule has 0 radical (unpaired) electrons. The van der Waals surface area contributed by atoms with E-state index in [-0.39, 0.29) is 11.2 Å². The molecule has 3 rings (SSSR count). The van der Waals surface area contributed by atoms with Gasteiger partial charge in [0.1, 0.15) is 0 Å². The highest BCUT2D eigenvalue weighted by molar-refractivity contribution is 6.28. The zero-order valence-electron chi connectivity index (χ0n) is 9.71. The zero-order chi connectivity index (χ0) is 13.2. The van der Waals surface area contributed by atoms with E-state index in [1.165, 1.54) is 0 Å². The highest BCUT2D eigenvalue weighted by atomic mass is 35.5. The molecule has 2 heterocycles. The fourth-order valence-electron chi connectivity index (χ4n) is 1.76. The van der Waals surface area contributed by atoms with E-state index < -0.39 is 0 Å². The number of fused-ring (bicyclic) bond motifs is 1. The van der Waals surface area contributed by atoms with E-state index >= 15 is 0 Å². The number of rotatable bonds is 2. The second kappa shape index (κ2) is 4.66. The molecule has 0 bridgehead atoms. The Balaban J connectivity index is 2.05. The van der Waals surface area contributed by atoms with Crippen molar-refractivity contribution >= 4 is 40.0 Å². The van der Waals surface area contributed by atoms with Crippen molar-refractivity contribution in [2.24, 2.45) is 0 Å². The Labute approximate surface area is 113 Å². The topological polar surface area (TPSA) is 89.6 Å². The average Bonchev–Trinajstić information content (AvgIpc) is 2.38. The predicted molar refractivity (Wildman–Crippen MR) is 74.3 cm³/mol. The van der Waals surface area contributed by atoms with Crippen LogP contribution in [0.5, 0.6) is 0 Å². The van der Waals surface area contributed by atoms with Crippen molar-refractivity contribution in [3.63, 3.8) is 0 Å². The number of anilines is 3. The lowest BCUT2D eigenvalue weighted by Crippen LogP contribution is -2.03. The summed E-state index contributed by atoms with van der Waals surface area (Å²) in [5.41, 5.74) is 6.35. The molecule has 94 valence electrons. The minimum absolute atomic E-state index is 0.0494. The lowest BCUT2D eigenvalue weighted by molar-refractivity contribution is 1.07. The summed E-state index contributed by atoms with van der Waals surface area (Å²) in [6.07, 6.45) is 3.51.